The lowest BCUT2D eigenvalue weighted by molar-refractivity contribution is 0.115. The predicted octanol–water partition coefficient (Wildman–Crippen LogP) is 1.75. The Morgan fingerprint density at radius 2 is 2.12 bits per heavy atom. The monoisotopic (exact) mass is 218 g/mol. The molecule has 0 spiro atoms. The Bertz CT molecular complexity index is 447. The van der Waals surface area contributed by atoms with Crippen LogP contribution in [0.3, 0.4) is 0 Å². The van der Waals surface area contributed by atoms with Gasteiger partial charge in [0, 0.05) is 23.9 Å². The molecule has 2 unspecified atom stereocenters. The molecule has 1 aliphatic carbocycles. The van der Waals surface area contributed by atoms with Gasteiger partial charge in [0.05, 0.1) is 0 Å². The third-order valence-electron chi connectivity index (χ3n) is 3.65. The number of hydrogen-bond donors (Lipinski definition) is 3. The van der Waals surface area contributed by atoms with E-state index in [2.05, 4.69) is 36.3 Å². The van der Waals surface area contributed by atoms with Crippen LogP contribution >= 0.6 is 0 Å². The van der Waals surface area contributed by atoms with Crippen molar-refractivity contribution in [2.75, 3.05) is 0 Å². The number of aromatic nitrogens is 1. The molecule has 16 heavy (non-hydrogen) atoms. The summed E-state index contributed by atoms with van der Waals surface area (Å²) >= 11 is 0. The largest absolute Gasteiger partial charge is 0.378 e. The van der Waals surface area contributed by atoms with Crippen LogP contribution in [0, 0.1) is 5.92 Å². The zero-order valence-corrected chi connectivity index (χ0v) is 9.75. The molecule has 86 valence electrons. The van der Waals surface area contributed by atoms with E-state index in [-0.39, 0.29) is 6.04 Å². The quantitative estimate of drug-likeness (QED) is 0.621. The second-order valence-corrected chi connectivity index (χ2v) is 5.06. The summed E-state index contributed by atoms with van der Waals surface area (Å²) < 4.78 is 0. The van der Waals surface area contributed by atoms with Crippen LogP contribution in [0.15, 0.2) is 6.08 Å². The molecule has 3 atom stereocenters. The van der Waals surface area contributed by atoms with Crippen LogP contribution in [-0.4, -0.2) is 16.3 Å². The molecule has 1 aliphatic heterocycles. The van der Waals surface area contributed by atoms with E-state index in [9.17, 15) is 5.11 Å². The minimum Gasteiger partial charge on any atom is -0.378 e. The highest BCUT2D eigenvalue weighted by molar-refractivity contribution is 5.62. The molecule has 0 saturated heterocycles. The molecule has 1 aromatic heterocycles. The van der Waals surface area contributed by atoms with E-state index in [1.165, 1.54) is 22.5 Å². The van der Waals surface area contributed by atoms with Gasteiger partial charge in [-0.05, 0) is 30.4 Å². The van der Waals surface area contributed by atoms with Crippen LogP contribution < -0.4 is 5.32 Å². The van der Waals surface area contributed by atoms with Crippen molar-refractivity contribution in [1.82, 2.24) is 10.3 Å². The summed E-state index contributed by atoms with van der Waals surface area (Å²) in [6, 6.07) is 0.216. The Labute approximate surface area is 95.6 Å². The Balaban J connectivity index is 2.09. The fourth-order valence-electron chi connectivity index (χ4n) is 2.86. The molecule has 0 aromatic carbocycles. The average molecular weight is 218 g/mol. The van der Waals surface area contributed by atoms with E-state index in [1.54, 1.807) is 0 Å². The van der Waals surface area contributed by atoms with Crippen molar-refractivity contribution in [1.29, 1.82) is 0 Å². The predicted molar refractivity (Wildman–Crippen MR) is 64.0 cm³/mol. The first-order valence-corrected chi connectivity index (χ1v) is 6.01. The molecule has 1 aromatic rings. The van der Waals surface area contributed by atoms with Crippen LogP contribution in [0.4, 0.5) is 0 Å². The second-order valence-electron chi connectivity index (χ2n) is 5.06. The topological polar surface area (TPSA) is 48.0 Å². The van der Waals surface area contributed by atoms with Crippen LogP contribution in [0.1, 0.15) is 42.4 Å². The summed E-state index contributed by atoms with van der Waals surface area (Å²) in [5.74, 6) is 0.612. The second kappa shape index (κ2) is 3.47. The summed E-state index contributed by atoms with van der Waals surface area (Å²) in [6.45, 7) is 4.33. The van der Waals surface area contributed by atoms with Gasteiger partial charge in [0.2, 0.25) is 0 Å². The molecule has 0 saturated carbocycles. The Morgan fingerprint density at radius 1 is 1.31 bits per heavy atom. The number of aliphatic hydroxyl groups is 1. The van der Waals surface area contributed by atoms with Gasteiger partial charge in [0.1, 0.15) is 6.23 Å². The molecule has 2 heterocycles. The number of allylic oxidation sites excluding steroid dienone is 1. The van der Waals surface area contributed by atoms with Crippen molar-refractivity contribution in [3.05, 3.63) is 28.6 Å². The van der Waals surface area contributed by atoms with Crippen molar-refractivity contribution in [3.63, 3.8) is 0 Å². The van der Waals surface area contributed by atoms with Gasteiger partial charge in [-0.15, -0.1) is 0 Å². The third-order valence-corrected chi connectivity index (χ3v) is 3.65. The maximum atomic E-state index is 9.75. The number of nitrogens with one attached hydrogen (secondary N) is 2. The van der Waals surface area contributed by atoms with Crippen molar-refractivity contribution in [3.8, 4) is 0 Å². The van der Waals surface area contributed by atoms with Crippen LogP contribution in [0.25, 0.3) is 6.08 Å². The SMILES string of the molecule is CC1C=Cc2c([nH]c3c2C[C@@H](O)NC3C)C1. The molecule has 0 fully saturated rings. The lowest BCUT2D eigenvalue weighted by Crippen LogP contribution is -2.37. The van der Waals surface area contributed by atoms with Gasteiger partial charge in [0.25, 0.3) is 0 Å². The van der Waals surface area contributed by atoms with Crippen molar-refractivity contribution in [2.24, 2.45) is 5.92 Å². The van der Waals surface area contributed by atoms with Crippen LogP contribution in [-0.2, 0) is 12.8 Å². The van der Waals surface area contributed by atoms with E-state index in [0.717, 1.165) is 6.42 Å². The normalized spacial score (nSPS) is 32.3. The highest BCUT2D eigenvalue weighted by Gasteiger charge is 2.28. The first-order chi connectivity index (χ1) is 7.65. The molecule has 3 nitrogen and oxygen atoms in total. The van der Waals surface area contributed by atoms with E-state index < -0.39 is 6.23 Å². The van der Waals surface area contributed by atoms with E-state index >= 15 is 0 Å². The number of aromatic amines is 1. The third kappa shape index (κ3) is 1.43. The van der Waals surface area contributed by atoms with Crippen molar-refractivity contribution in [2.45, 2.75) is 39.0 Å². The van der Waals surface area contributed by atoms with Gasteiger partial charge >= 0.3 is 0 Å². The number of hydrogen-bond acceptors (Lipinski definition) is 2. The fourth-order valence-corrected chi connectivity index (χ4v) is 2.86. The van der Waals surface area contributed by atoms with E-state index in [4.69, 9.17) is 0 Å². The summed E-state index contributed by atoms with van der Waals surface area (Å²) in [5, 5.41) is 12.9. The van der Waals surface area contributed by atoms with Crippen molar-refractivity contribution < 1.29 is 5.11 Å². The van der Waals surface area contributed by atoms with Gasteiger partial charge in [-0.25, -0.2) is 0 Å². The van der Waals surface area contributed by atoms with Gasteiger partial charge in [0.15, 0.2) is 0 Å². The van der Waals surface area contributed by atoms with Gasteiger partial charge in [-0.1, -0.05) is 19.1 Å². The Morgan fingerprint density at radius 3 is 2.94 bits per heavy atom. The minimum absolute atomic E-state index is 0.216. The highest BCUT2D eigenvalue weighted by Crippen LogP contribution is 2.33. The van der Waals surface area contributed by atoms with Gasteiger partial charge in [-0.3, -0.25) is 5.32 Å². The number of fused-ring (bicyclic) bond motifs is 3. The van der Waals surface area contributed by atoms with E-state index in [1.807, 2.05) is 0 Å². The Hall–Kier alpha value is -1.06. The molecule has 0 radical (unpaired) electrons. The average Bonchev–Trinajstić information content (AvgIpc) is 2.56. The van der Waals surface area contributed by atoms with E-state index in [0.29, 0.717) is 12.3 Å². The maximum absolute atomic E-state index is 9.75. The zero-order valence-electron chi connectivity index (χ0n) is 9.75. The Kier molecular flexibility index (Phi) is 2.19. The number of aliphatic hydroxyl groups excluding tert-OH is 1. The van der Waals surface area contributed by atoms with Crippen LogP contribution in [0.5, 0.6) is 0 Å². The summed E-state index contributed by atoms with van der Waals surface area (Å²) in [7, 11) is 0. The van der Waals surface area contributed by atoms with Gasteiger partial charge in [-0.2, -0.15) is 0 Å². The molecule has 3 rings (SSSR count). The lowest BCUT2D eigenvalue weighted by Gasteiger charge is -2.25. The van der Waals surface area contributed by atoms with Crippen molar-refractivity contribution >= 4 is 6.08 Å². The first-order valence-electron chi connectivity index (χ1n) is 6.01. The number of rotatable bonds is 0. The molecular weight excluding hydrogens is 200 g/mol. The molecule has 0 amide bonds. The molecule has 3 N–H and O–H groups in total. The lowest BCUT2D eigenvalue weighted by atomic mass is 9.91. The highest BCUT2D eigenvalue weighted by atomic mass is 16.3. The van der Waals surface area contributed by atoms with Gasteiger partial charge < -0.3 is 10.1 Å². The number of H-pyrrole nitrogens is 1. The molecular formula is C13H18N2O. The summed E-state index contributed by atoms with van der Waals surface area (Å²) in [4.78, 5) is 3.53. The fraction of sp³-hybridized carbons (Fsp3) is 0.538. The standard InChI is InChI=1S/C13H18N2O/c1-7-3-4-9-10-6-12(16)14-8(2)13(10)15-11(9)5-7/h3-4,7-8,12,14-16H,5-6H2,1-2H3/t7?,8?,12-/m1/s1. The first kappa shape index (κ1) is 10.1. The summed E-state index contributed by atoms with van der Waals surface area (Å²) in [6.07, 6.45) is 5.86. The zero-order chi connectivity index (χ0) is 11.3. The van der Waals surface area contributed by atoms with Crippen LogP contribution in [0.2, 0.25) is 0 Å². The minimum atomic E-state index is -0.407. The molecule has 3 heteroatoms. The molecule has 2 aliphatic rings. The molecule has 0 bridgehead atoms. The smallest absolute Gasteiger partial charge is 0.109 e. The summed E-state index contributed by atoms with van der Waals surface area (Å²) in [5.41, 5.74) is 5.22. The maximum Gasteiger partial charge on any atom is 0.109 e.